The molecule has 0 aliphatic carbocycles. The molecule has 1 unspecified atom stereocenters. The number of rotatable bonds is 7. The maximum Gasteiger partial charge on any atom is 0.106 e. The Bertz CT molecular complexity index is 401. The third kappa shape index (κ3) is 4.27. The fourth-order valence-corrected chi connectivity index (χ4v) is 2.12. The van der Waals surface area contributed by atoms with E-state index in [4.69, 9.17) is 22.7 Å². The number of hydrogen-bond donors (Lipinski definition) is 2. The van der Waals surface area contributed by atoms with Crippen molar-refractivity contribution in [2.24, 2.45) is 5.73 Å². The summed E-state index contributed by atoms with van der Waals surface area (Å²) in [5.41, 5.74) is 8.82. The molecule has 1 aromatic rings. The lowest BCUT2D eigenvalue weighted by Crippen LogP contribution is -2.26. The molecule has 0 fully saturated rings. The van der Waals surface area contributed by atoms with Gasteiger partial charge in [-0.2, -0.15) is 0 Å². The van der Waals surface area contributed by atoms with Crippen LogP contribution in [0.1, 0.15) is 30.9 Å². The molecule has 1 rings (SSSR count). The van der Waals surface area contributed by atoms with Gasteiger partial charge in [-0.25, -0.2) is 0 Å². The van der Waals surface area contributed by atoms with E-state index in [-0.39, 0.29) is 6.04 Å². The highest BCUT2D eigenvalue weighted by atomic mass is 32.1. The standard InChI is InChI=1S/C14H22N2OS/c1-4-5-11(9-17-3)16-13-7-6-10(2)8-12(13)14(15)18/h6-8,11,16H,4-5,9H2,1-3H3,(H2,15,18). The molecule has 18 heavy (non-hydrogen) atoms. The molecule has 100 valence electrons. The zero-order chi connectivity index (χ0) is 13.5. The summed E-state index contributed by atoms with van der Waals surface area (Å²) in [5, 5.41) is 3.47. The number of hydrogen-bond acceptors (Lipinski definition) is 3. The summed E-state index contributed by atoms with van der Waals surface area (Å²) in [4.78, 5) is 0.425. The Morgan fingerprint density at radius 1 is 1.50 bits per heavy atom. The highest BCUT2D eigenvalue weighted by Gasteiger charge is 2.11. The second-order valence-electron chi connectivity index (χ2n) is 4.50. The maximum absolute atomic E-state index is 5.77. The second kappa shape index (κ2) is 7.34. The molecule has 0 saturated carbocycles. The zero-order valence-corrected chi connectivity index (χ0v) is 12.1. The van der Waals surface area contributed by atoms with Crippen LogP contribution in [0.5, 0.6) is 0 Å². The SMILES string of the molecule is CCCC(COC)Nc1ccc(C)cc1C(N)=S. The van der Waals surface area contributed by atoms with Crippen LogP contribution in [-0.2, 0) is 4.74 Å². The number of ether oxygens (including phenoxy) is 1. The van der Waals surface area contributed by atoms with Crippen LogP contribution in [0.4, 0.5) is 5.69 Å². The Balaban J connectivity index is 2.90. The zero-order valence-electron chi connectivity index (χ0n) is 11.3. The van der Waals surface area contributed by atoms with Gasteiger partial charge in [0.05, 0.1) is 6.61 Å². The molecule has 1 aromatic carbocycles. The Kier molecular flexibility index (Phi) is 6.09. The van der Waals surface area contributed by atoms with E-state index < -0.39 is 0 Å². The van der Waals surface area contributed by atoms with Crippen LogP contribution in [0.15, 0.2) is 18.2 Å². The number of anilines is 1. The molecule has 0 bridgehead atoms. The first-order valence-electron chi connectivity index (χ1n) is 6.24. The lowest BCUT2D eigenvalue weighted by molar-refractivity contribution is 0.182. The molecule has 0 radical (unpaired) electrons. The van der Waals surface area contributed by atoms with E-state index in [1.54, 1.807) is 7.11 Å². The number of aryl methyl sites for hydroxylation is 1. The van der Waals surface area contributed by atoms with E-state index in [9.17, 15) is 0 Å². The van der Waals surface area contributed by atoms with Gasteiger partial charge < -0.3 is 15.8 Å². The van der Waals surface area contributed by atoms with E-state index in [1.165, 1.54) is 0 Å². The van der Waals surface area contributed by atoms with E-state index in [1.807, 2.05) is 19.1 Å². The van der Waals surface area contributed by atoms with Gasteiger partial charge in [0.25, 0.3) is 0 Å². The number of nitrogens with two attached hydrogens (primary N) is 1. The van der Waals surface area contributed by atoms with Gasteiger partial charge in [0, 0.05) is 24.4 Å². The number of nitrogens with one attached hydrogen (secondary N) is 1. The van der Waals surface area contributed by atoms with Crippen molar-refractivity contribution in [3.05, 3.63) is 29.3 Å². The van der Waals surface area contributed by atoms with Crippen LogP contribution >= 0.6 is 12.2 Å². The first kappa shape index (κ1) is 14.9. The summed E-state index contributed by atoms with van der Waals surface area (Å²) in [6, 6.07) is 6.39. The maximum atomic E-state index is 5.77. The molecular formula is C14H22N2OS. The molecule has 0 amide bonds. The van der Waals surface area contributed by atoms with Crippen molar-refractivity contribution in [3.63, 3.8) is 0 Å². The van der Waals surface area contributed by atoms with Gasteiger partial charge in [-0.05, 0) is 25.5 Å². The fraction of sp³-hybridized carbons (Fsp3) is 0.500. The van der Waals surface area contributed by atoms with Crippen molar-refractivity contribution >= 4 is 22.9 Å². The molecule has 0 aliphatic heterocycles. The van der Waals surface area contributed by atoms with E-state index in [2.05, 4.69) is 18.3 Å². The van der Waals surface area contributed by atoms with Gasteiger partial charge in [0.1, 0.15) is 4.99 Å². The summed E-state index contributed by atoms with van der Waals surface area (Å²) in [6.45, 7) is 4.87. The average molecular weight is 266 g/mol. The minimum Gasteiger partial charge on any atom is -0.389 e. The van der Waals surface area contributed by atoms with Crippen molar-refractivity contribution in [2.45, 2.75) is 32.7 Å². The molecular weight excluding hydrogens is 244 g/mol. The molecule has 0 aliphatic rings. The highest BCUT2D eigenvalue weighted by molar-refractivity contribution is 7.80. The van der Waals surface area contributed by atoms with Gasteiger partial charge in [0.2, 0.25) is 0 Å². The quantitative estimate of drug-likeness (QED) is 0.745. The predicted molar refractivity (Wildman–Crippen MR) is 81.3 cm³/mol. The normalized spacial score (nSPS) is 12.2. The number of methoxy groups -OCH3 is 1. The molecule has 1 atom stereocenters. The molecule has 4 heteroatoms. The molecule has 0 aromatic heterocycles. The van der Waals surface area contributed by atoms with Crippen LogP contribution < -0.4 is 11.1 Å². The predicted octanol–water partition coefficient (Wildman–Crippen LogP) is 2.86. The second-order valence-corrected chi connectivity index (χ2v) is 4.94. The summed E-state index contributed by atoms with van der Waals surface area (Å²) in [6.07, 6.45) is 2.16. The van der Waals surface area contributed by atoms with Crippen molar-refractivity contribution in [3.8, 4) is 0 Å². The first-order chi connectivity index (χ1) is 8.58. The summed E-state index contributed by atoms with van der Waals surface area (Å²) < 4.78 is 5.23. The van der Waals surface area contributed by atoms with Crippen LogP contribution in [-0.4, -0.2) is 24.7 Å². The molecule has 0 saturated heterocycles. The Morgan fingerprint density at radius 3 is 2.78 bits per heavy atom. The van der Waals surface area contributed by atoms with Crippen molar-refractivity contribution in [1.29, 1.82) is 0 Å². The molecule has 3 nitrogen and oxygen atoms in total. The monoisotopic (exact) mass is 266 g/mol. The van der Waals surface area contributed by atoms with Gasteiger partial charge in [-0.1, -0.05) is 37.2 Å². The minimum absolute atomic E-state index is 0.288. The summed E-state index contributed by atoms with van der Waals surface area (Å²) in [7, 11) is 1.72. The van der Waals surface area contributed by atoms with Gasteiger partial charge in [-0.15, -0.1) is 0 Å². The molecule has 0 heterocycles. The smallest absolute Gasteiger partial charge is 0.106 e. The number of thiocarbonyl (C=S) groups is 1. The summed E-state index contributed by atoms with van der Waals surface area (Å²) in [5.74, 6) is 0. The van der Waals surface area contributed by atoms with E-state index >= 15 is 0 Å². The van der Waals surface area contributed by atoms with Crippen molar-refractivity contribution in [2.75, 3.05) is 19.0 Å². The summed E-state index contributed by atoms with van der Waals surface area (Å²) >= 11 is 5.10. The number of benzene rings is 1. The van der Waals surface area contributed by atoms with E-state index in [0.29, 0.717) is 11.6 Å². The Morgan fingerprint density at radius 2 is 2.22 bits per heavy atom. The average Bonchev–Trinajstić information content (AvgIpc) is 2.32. The highest BCUT2D eigenvalue weighted by Crippen LogP contribution is 2.19. The van der Waals surface area contributed by atoms with Crippen LogP contribution in [0, 0.1) is 6.92 Å². The Labute approximate surface area is 115 Å². The van der Waals surface area contributed by atoms with Gasteiger partial charge in [-0.3, -0.25) is 0 Å². The minimum atomic E-state index is 0.288. The lowest BCUT2D eigenvalue weighted by Gasteiger charge is -2.20. The molecule has 0 spiro atoms. The van der Waals surface area contributed by atoms with Crippen LogP contribution in [0.25, 0.3) is 0 Å². The lowest BCUT2D eigenvalue weighted by atomic mass is 10.1. The third-order valence-electron chi connectivity index (χ3n) is 2.81. The van der Waals surface area contributed by atoms with Gasteiger partial charge in [0.15, 0.2) is 0 Å². The van der Waals surface area contributed by atoms with Crippen molar-refractivity contribution in [1.82, 2.24) is 0 Å². The molecule has 3 N–H and O–H groups in total. The van der Waals surface area contributed by atoms with Crippen LogP contribution in [0.2, 0.25) is 0 Å². The van der Waals surface area contributed by atoms with Gasteiger partial charge >= 0.3 is 0 Å². The van der Waals surface area contributed by atoms with E-state index in [0.717, 1.165) is 29.7 Å². The third-order valence-corrected chi connectivity index (χ3v) is 3.03. The first-order valence-corrected chi connectivity index (χ1v) is 6.65. The fourth-order valence-electron chi connectivity index (χ4n) is 1.95. The Hall–Kier alpha value is -1.13. The van der Waals surface area contributed by atoms with Crippen molar-refractivity contribution < 1.29 is 4.74 Å². The topological polar surface area (TPSA) is 47.3 Å². The largest absolute Gasteiger partial charge is 0.389 e. The van der Waals surface area contributed by atoms with Crippen LogP contribution in [0.3, 0.4) is 0 Å².